The highest BCUT2D eigenvalue weighted by molar-refractivity contribution is 4.77. The second-order valence-corrected chi connectivity index (χ2v) is 3.83. The number of rotatable bonds is 6. The van der Waals surface area contributed by atoms with E-state index >= 15 is 0 Å². The third-order valence-electron chi connectivity index (χ3n) is 2.92. The number of piperidine rings is 1. The SMILES string of the molecule is CCOCCN(CC)C1CCCNC1. The number of nitrogens with one attached hydrogen (secondary N) is 1. The van der Waals surface area contributed by atoms with Crippen LogP contribution in [0.15, 0.2) is 0 Å². The van der Waals surface area contributed by atoms with Gasteiger partial charge in [-0.3, -0.25) is 4.90 Å². The predicted octanol–water partition coefficient (Wildman–Crippen LogP) is 1.10. The smallest absolute Gasteiger partial charge is 0.0593 e. The van der Waals surface area contributed by atoms with Gasteiger partial charge in [-0.1, -0.05) is 6.92 Å². The van der Waals surface area contributed by atoms with Crippen LogP contribution in [-0.2, 0) is 4.74 Å². The maximum Gasteiger partial charge on any atom is 0.0593 e. The predicted molar refractivity (Wildman–Crippen MR) is 59.6 cm³/mol. The molecule has 0 bridgehead atoms. The van der Waals surface area contributed by atoms with Crippen LogP contribution in [0.1, 0.15) is 26.7 Å². The molecule has 1 fully saturated rings. The number of nitrogens with zero attached hydrogens (tertiary/aromatic N) is 1. The summed E-state index contributed by atoms with van der Waals surface area (Å²) in [6, 6.07) is 0.731. The number of ether oxygens (including phenoxy) is 1. The van der Waals surface area contributed by atoms with Crippen molar-refractivity contribution in [1.82, 2.24) is 10.2 Å². The molecule has 0 aromatic carbocycles. The maximum absolute atomic E-state index is 5.39. The van der Waals surface area contributed by atoms with Gasteiger partial charge < -0.3 is 10.1 Å². The van der Waals surface area contributed by atoms with Gasteiger partial charge in [0, 0.05) is 25.7 Å². The first-order chi connectivity index (χ1) is 6.88. The van der Waals surface area contributed by atoms with E-state index < -0.39 is 0 Å². The molecule has 3 heteroatoms. The average molecular weight is 200 g/mol. The summed E-state index contributed by atoms with van der Waals surface area (Å²) in [7, 11) is 0. The minimum Gasteiger partial charge on any atom is -0.380 e. The quantitative estimate of drug-likeness (QED) is 0.650. The topological polar surface area (TPSA) is 24.5 Å². The van der Waals surface area contributed by atoms with Gasteiger partial charge in [0.15, 0.2) is 0 Å². The van der Waals surface area contributed by atoms with Crippen LogP contribution in [-0.4, -0.2) is 50.3 Å². The molecular formula is C11H24N2O. The van der Waals surface area contributed by atoms with Crippen LogP contribution in [0.2, 0.25) is 0 Å². The van der Waals surface area contributed by atoms with Crippen molar-refractivity contribution in [3.63, 3.8) is 0 Å². The van der Waals surface area contributed by atoms with Crippen LogP contribution < -0.4 is 5.32 Å². The molecule has 1 heterocycles. The summed E-state index contributed by atoms with van der Waals surface area (Å²) < 4.78 is 5.39. The lowest BCUT2D eigenvalue weighted by molar-refractivity contribution is 0.0892. The van der Waals surface area contributed by atoms with Gasteiger partial charge in [0.2, 0.25) is 0 Å². The van der Waals surface area contributed by atoms with E-state index in [4.69, 9.17) is 4.74 Å². The molecule has 1 aliphatic heterocycles. The zero-order valence-electron chi connectivity index (χ0n) is 9.59. The maximum atomic E-state index is 5.39. The Balaban J connectivity index is 2.21. The summed E-state index contributed by atoms with van der Waals surface area (Å²) in [4.78, 5) is 2.53. The third kappa shape index (κ3) is 3.95. The molecule has 1 unspecified atom stereocenters. The number of likely N-dealkylation sites (N-methyl/N-ethyl adjacent to an activating group) is 1. The average Bonchev–Trinajstić information content (AvgIpc) is 2.26. The molecule has 0 amide bonds. The summed E-state index contributed by atoms with van der Waals surface area (Å²) in [6.45, 7) is 10.6. The molecule has 0 aliphatic carbocycles. The third-order valence-corrected chi connectivity index (χ3v) is 2.92. The molecule has 14 heavy (non-hydrogen) atoms. The Kier molecular flexibility index (Phi) is 6.15. The largest absolute Gasteiger partial charge is 0.380 e. The minimum atomic E-state index is 0.731. The normalized spacial score (nSPS) is 22.9. The Morgan fingerprint density at radius 1 is 1.43 bits per heavy atom. The Morgan fingerprint density at radius 2 is 2.29 bits per heavy atom. The fourth-order valence-electron chi connectivity index (χ4n) is 2.07. The van der Waals surface area contributed by atoms with Gasteiger partial charge in [-0.25, -0.2) is 0 Å². The fraction of sp³-hybridized carbons (Fsp3) is 1.00. The highest BCUT2D eigenvalue weighted by atomic mass is 16.5. The van der Waals surface area contributed by atoms with E-state index in [1.165, 1.54) is 19.4 Å². The molecule has 1 saturated heterocycles. The fourth-order valence-corrected chi connectivity index (χ4v) is 2.07. The van der Waals surface area contributed by atoms with Crippen molar-refractivity contribution in [2.75, 3.05) is 39.4 Å². The molecule has 0 aromatic heterocycles. The molecule has 0 saturated carbocycles. The van der Waals surface area contributed by atoms with Gasteiger partial charge in [-0.2, -0.15) is 0 Å². The van der Waals surface area contributed by atoms with Crippen LogP contribution >= 0.6 is 0 Å². The Morgan fingerprint density at radius 3 is 2.86 bits per heavy atom. The van der Waals surface area contributed by atoms with Crippen LogP contribution in [0.4, 0.5) is 0 Å². The summed E-state index contributed by atoms with van der Waals surface area (Å²) >= 11 is 0. The number of hydrogen-bond donors (Lipinski definition) is 1. The molecule has 0 spiro atoms. The molecule has 0 aromatic rings. The van der Waals surface area contributed by atoms with Crippen molar-refractivity contribution >= 4 is 0 Å². The first-order valence-corrected chi connectivity index (χ1v) is 5.91. The van der Waals surface area contributed by atoms with Gasteiger partial charge >= 0.3 is 0 Å². The van der Waals surface area contributed by atoms with E-state index in [1.54, 1.807) is 0 Å². The molecular weight excluding hydrogens is 176 g/mol. The van der Waals surface area contributed by atoms with Crippen molar-refractivity contribution in [2.45, 2.75) is 32.7 Å². The van der Waals surface area contributed by atoms with Crippen molar-refractivity contribution in [2.24, 2.45) is 0 Å². The van der Waals surface area contributed by atoms with E-state index in [0.29, 0.717) is 0 Å². The van der Waals surface area contributed by atoms with E-state index in [0.717, 1.165) is 38.9 Å². The van der Waals surface area contributed by atoms with Gasteiger partial charge in [-0.15, -0.1) is 0 Å². The minimum absolute atomic E-state index is 0.731. The van der Waals surface area contributed by atoms with E-state index in [2.05, 4.69) is 24.1 Å². The Bertz CT molecular complexity index is 135. The Labute approximate surface area is 87.8 Å². The summed E-state index contributed by atoms with van der Waals surface area (Å²) in [5.74, 6) is 0. The lowest BCUT2D eigenvalue weighted by Crippen LogP contribution is -2.47. The highest BCUT2D eigenvalue weighted by Gasteiger charge is 2.18. The van der Waals surface area contributed by atoms with Gasteiger partial charge in [0.05, 0.1) is 6.61 Å². The van der Waals surface area contributed by atoms with Crippen LogP contribution in [0.5, 0.6) is 0 Å². The summed E-state index contributed by atoms with van der Waals surface area (Å²) in [6.07, 6.45) is 2.66. The highest BCUT2D eigenvalue weighted by Crippen LogP contribution is 2.09. The molecule has 3 nitrogen and oxygen atoms in total. The van der Waals surface area contributed by atoms with Gasteiger partial charge in [0.25, 0.3) is 0 Å². The van der Waals surface area contributed by atoms with Gasteiger partial charge in [-0.05, 0) is 32.9 Å². The standard InChI is InChI=1S/C11H24N2O/c1-3-13(8-9-14-4-2)11-6-5-7-12-10-11/h11-12H,3-10H2,1-2H3. The second-order valence-electron chi connectivity index (χ2n) is 3.83. The lowest BCUT2D eigenvalue weighted by Gasteiger charge is -2.33. The molecule has 1 rings (SSSR count). The van der Waals surface area contributed by atoms with E-state index in [1.807, 2.05) is 0 Å². The zero-order valence-corrected chi connectivity index (χ0v) is 9.59. The van der Waals surface area contributed by atoms with E-state index in [9.17, 15) is 0 Å². The molecule has 1 aliphatic rings. The zero-order chi connectivity index (χ0) is 10.2. The van der Waals surface area contributed by atoms with Crippen molar-refractivity contribution in [3.05, 3.63) is 0 Å². The molecule has 1 atom stereocenters. The first kappa shape index (κ1) is 12.0. The summed E-state index contributed by atoms with van der Waals surface area (Å²) in [5, 5.41) is 3.46. The molecule has 0 radical (unpaired) electrons. The van der Waals surface area contributed by atoms with Crippen molar-refractivity contribution in [1.29, 1.82) is 0 Å². The lowest BCUT2D eigenvalue weighted by atomic mass is 10.1. The van der Waals surface area contributed by atoms with Gasteiger partial charge in [0.1, 0.15) is 0 Å². The van der Waals surface area contributed by atoms with Crippen LogP contribution in [0, 0.1) is 0 Å². The van der Waals surface area contributed by atoms with Crippen LogP contribution in [0.25, 0.3) is 0 Å². The second kappa shape index (κ2) is 7.21. The van der Waals surface area contributed by atoms with E-state index in [-0.39, 0.29) is 0 Å². The number of hydrogen-bond acceptors (Lipinski definition) is 3. The Hall–Kier alpha value is -0.120. The van der Waals surface area contributed by atoms with Crippen molar-refractivity contribution < 1.29 is 4.74 Å². The van der Waals surface area contributed by atoms with Crippen LogP contribution in [0.3, 0.4) is 0 Å². The molecule has 1 N–H and O–H groups in total. The molecule has 84 valence electrons. The monoisotopic (exact) mass is 200 g/mol. The first-order valence-electron chi connectivity index (χ1n) is 5.91. The van der Waals surface area contributed by atoms with Crippen molar-refractivity contribution in [3.8, 4) is 0 Å². The summed E-state index contributed by atoms with van der Waals surface area (Å²) in [5.41, 5.74) is 0.